The minimum absolute atomic E-state index is 0.676. The topological polar surface area (TPSA) is 59.4 Å². The number of hydrogen-bond acceptors (Lipinski definition) is 3. The van der Waals surface area contributed by atoms with Crippen LogP contribution in [0.25, 0.3) is 11.0 Å². The fraction of sp³-hybridized carbons (Fsp3) is 0.429. The maximum atomic E-state index is 6.04. The number of para-hydroxylation sites is 2. The van der Waals surface area contributed by atoms with Crippen LogP contribution in [0.5, 0.6) is 0 Å². The van der Waals surface area contributed by atoms with Gasteiger partial charge < -0.3 is 15.2 Å². The molecule has 1 aliphatic rings. The van der Waals surface area contributed by atoms with E-state index in [1.165, 1.54) is 0 Å². The Morgan fingerprint density at radius 1 is 1.30 bits per heavy atom. The van der Waals surface area contributed by atoms with Gasteiger partial charge in [0.1, 0.15) is 0 Å². The van der Waals surface area contributed by atoms with Crippen molar-refractivity contribution < 1.29 is 0 Å². The molecule has 3 rings (SSSR count). The monoisotopic (exact) mass is 289 g/mol. The van der Waals surface area contributed by atoms with Crippen molar-refractivity contribution in [3.8, 4) is 0 Å². The maximum absolute atomic E-state index is 6.04. The molecule has 1 aromatic carbocycles. The predicted octanol–water partition coefficient (Wildman–Crippen LogP) is 1.40. The number of imidazole rings is 1. The van der Waals surface area contributed by atoms with Crippen molar-refractivity contribution in [3.63, 3.8) is 0 Å². The summed E-state index contributed by atoms with van der Waals surface area (Å²) in [7, 11) is 0. The van der Waals surface area contributed by atoms with Crippen LogP contribution in [0.2, 0.25) is 0 Å². The third-order valence-corrected chi connectivity index (χ3v) is 4.42. The smallest absolute Gasteiger partial charge is 0.191 e. The molecule has 1 aromatic heterocycles. The summed E-state index contributed by atoms with van der Waals surface area (Å²) in [5.41, 5.74) is 8.22. The van der Waals surface area contributed by atoms with Gasteiger partial charge in [0, 0.05) is 31.1 Å². The Kier molecular flexibility index (Phi) is 4.11. The largest absolute Gasteiger partial charge is 0.370 e. The van der Waals surface area contributed by atoms with E-state index in [9.17, 15) is 0 Å². The normalized spacial score (nSPS) is 16.8. The van der Waals surface area contributed by atoms with E-state index in [0.29, 0.717) is 12.5 Å². The van der Waals surface area contributed by atoms with Gasteiger partial charge >= 0.3 is 0 Å². The van der Waals surface area contributed by atoms with Crippen LogP contribution in [-0.4, -0.2) is 51.6 Å². The van der Waals surface area contributed by atoms with E-state index in [0.717, 1.165) is 42.2 Å². The quantitative estimate of drug-likeness (QED) is 0.685. The second-order valence-corrected chi connectivity index (χ2v) is 5.99. The van der Waals surface area contributed by atoms with Crippen molar-refractivity contribution in [2.24, 2.45) is 10.7 Å². The Morgan fingerprint density at radius 3 is 2.95 bits per heavy atom. The first-order valence-electron chi connectivity index (χ1n) is 6.87. The molecular formula is C14H19N5S. The standard InChI is InChI=1S/C14H19N5S/c15-14(18-7-9-20-10-8-18)16-5-6-19-11-17-12-3-1-2-4-13(12)19/h1-4,11H,5-10H2,(H2,15,16). The highest BCUT2D eigenvalue weighted by Crippen LogP contribution is 2.11. The fourth-order valence-corrected chi connectivity index (χ4v) is 3.26. The number of thioether (sulfide) groups is 1. The van der Waals surface area contributed by atoms with Crippen molar-refractivity contribution in [3.05, 3.63) is 30.6 Å². The minimum atomic E-state index is 0.676. The molecule has 106 valence electrons. The summed E-state index contributed by atoms with van der Waals surface area (Å²) in [4.78, 5) is 11.0. The highest BCUT2D eigenvalue weighted by atomic mass is 32.2. The predicted molar refractivity (Wildman–Crippen MR) is 85.1 cm³/mol. The summed E-state index contributed by atoms with van der Waals surface area (Å²) in [6, 6.07) is 8.14. The average Bonchev–Trinajstić information content (AvgIpc) is 2.92. The summed E-state index contributed by atoms with van der Waals surface area (Å²) in [5.74, 6) is 2.96. The van der Waals surface area contributed by atoms with Gasteiger partial charge in [0.15, 0.2) is 5.96 Å². The molecule has 0 radical (unpaired) electrons. The first-order valence-corrected chi connectivity index (χ1v) is 8.02. The van der Waals surface area contributed by atoms with Crippen molar-refractivity contribution in [1.29, 1.82) is 0 Å². The van der Waals surface area contributed by atoms with Gasteiger partial charge in [-0.1, -0.05) is 12.1 Å². The summed E-state index contributed by atoms with van der Waals surface area (Å²) in [6.07, 6.45) is 1.87. The molecule has 2 heterocycles. The lowest BCUT2D eigenvalue weighted by atomic mass is 10.3. The van der Waals surface area contributed by atoms with E-state index < -0.39 is 0 Å². The van der Waals surface area contributed by atoms with E-state index in [4.69, 9.17) is 5.73 Å². The Labute approximate surface area is 122 Å². The van der Waals surface area contributed by atoms with E-state index in [1.807, 2.05) is 36.3 Å². The molecule has 0 aliphatic carbocycles. The molecule has 1 aliphatic heterocycles. The van der Waals surface area contributed by atoms with Gasteiger partial charge in [0.05, 0.1) is 23.9 Å². The molecule has 2 aromatic rings. The van der Waals surface area contributed by atoms with Gasteiger partial charge in [-0.25, -0.2) is 4.98 Å². The van der Waals surface area contributed by atoms with Crippen LogP contribution in [0.4, 0.5) is 0 Å². The molecule has 0 unspecified atom stereocenters. The lowest BCUT2D eigenvalue weighted by molar-refractivity contribution is 0.455. The Bertz CT molecular complexity index is 600. The van der Waals surface area contributed by atoms with Crippen LogP contribution in [0, 0.1) is 0 Å². The highest BCUT2D eigenvalue weighted by molar-refractivity contribution is 7.99. The first kappa shape index (κ1) is 13.3. The number of aliphatic imine (C=N–C) groups is 1. The van der Waals surface area contributed by atoms with Crippen LogP contribution in [0.1, 0.15) is 0 Å². The zero-order chi connectivity index (χ0) is 13.8. The number of benzene rings is 1. The van der Waals surface area contributed by atoms with E-state index in [1.54, 1.807) is 0 Å². The molecule has 2 N–H and O–H groups in total. The van der Waals surface area contributed by atoms with Crippen LogP contribution in [-0.2, 0) is 6.54 Å². The van der Waals surface area contributed by atoms with E-state index in [-0.39, 0.29) is 0 Å². The van der Waals surface area contributed by atoms with Gasteiger partial charge in [-0.2, -0.15) is 11.8 Å². The van der Waals surface area contributed by atoms with E-state index in [2.05, 4.69) is 25.5 Å². The molecule has 20 heavy (non-hydrogen) atoms. The van der Waals surface area contributed by atoms with Gasteiger partial charge in [0.25, 0.3) is 0 Å². The minimum Gasteiger partial charge on any atom is -0.370 e. The zero-order valence-electron chi connectivity index (χ0n) is 11.4. The number of nitrogens with zero attached hydrogens (tertiary/aromatic N) is 4. The number of hydrogen-bond donors (Lipinski definition) is 1. The SMILES string of the molecule is NC(=NCCn1cnc2ccccc21)N1CCSCC1. The Balaban J connectivity index is 1.61. The Morgan fingerprint density at radius 2 is 2.10 bits per heavy atom. The lowest BCUT2D eigenvalue weighted by Gasteiger charge is -2.27. The molecule has 1 saturated heterocycles. The molecular weight excluding hydrogens is 270 g/mol. The number of nitrogens with two attached hydrogens (primary N) is 1. The molecule has 0 amide bonds. The average molecular weight is 289 g/mol. The third-order valence-electron chi connectivity index (χ3n) is 3.48. The van der Waals surface area contributed by atoms with Crippen molar-refractivity contribution in [2.75, 3.05) is 31.1 Å². The highest BCUT2D eigenvalue weighted by Gasteiger charge is 2.11. The first-order chi connectivity index (χ1) is 9.84. The molecule has 0 spiro atoms. The molecule has 6 heteroatoms. The Hall–Kier alpha value is -1.69. The summed E-state index contributed by atoms with van der Waals surface area (Å²) >= 11 is 1.97. The number of guanidine groups is 1. The third kappa shape index (κ3) is 2.90. The van der Waals surface area contributed by atoms with Crippen LogP contribution in [0.15, 0.2) is 35.6 Å². The van der Waals surface area contributed by atoms with E-state index >= 15 is 0 Å². The molecule has 1 fully saturated rings. The number of fused-ring (bicyclic) bond motifs is 1. The fourth-order valence-electron chi connectivity index (χ4n) is 2.35. The lowest BCUT2D eigenvalue weighted by Crippen LogP contribution is -2.42. The summed E-state index contributed by atoms with van der Waals surface area (Å²) in [6.45, 7) is 3.52. The van der Waals surface area contributed by atoms with Crippen molar-refractivity contribution in [1.82, 2.24) is 14.5 Å². The summed E-state index contributed by atoms with van der Waals surface area (Å²) in [5, 5.41) is 0. The van der Waals surface area contributed by atoms with Gasteiger partial charge in [-0.3, -0.25) is 4.99 Å². The van der Waals surface area contributed by atoms with Crippen molar-refractivity contribution >= 4 is 28.8 Å². The van der Waals surface area contributed by atoms with Crippen LogP contribution >= 0.6 is 11.8 Å². The van der Waals surface area contributed by atoms with Crippen molar-refractivity contribution in [2.45, 2.75) is 6.54 Å². The molecule has 0 bridgehead atoms. The molecule has 0 saturated carbocycles. The van der Waals surface area contributed by atoms with Crippen LogP contribution < -0.4 is 5.73 Å². The van der Waals surface area contributed by atoms with Gasteiger partial charge in [0.2, 0.25) is 0 Å². The second kappa shape index (κ2) is 6.17. The number of rotatable bonds is 3. The molecule has 5 nitrogen and oxygen atoms in total. The van der Waals surface area contributed by atoms with Crippen LogP contribution in [0.3, 0.4) is 0 Å². The van der Waals surface area contributed by atoms with Gasteiger partial charge in [-0.15, -0.1) is 0 Å². The molecule has 0 atom stereocenters. The summed E-state index contributed by atoms with van der Waals surface area (Å²) < 4.78 is 2.12. The van der Waals surface area contributed by atoms with Gasteiger partial charge in [-0.05, 0) is 12.1 Å². The maximum Gasteiger partial charge on any atom is 0.191 e. The zero-order valence-corrected chi connectivity index (χ0v) is 12.2. The number of aromatic nitrogens is 2. The second-order valence-electron chi connectivity index (χ2n) is 4.77.